The Hall–Kier alpha value is -2.25. The molecular formula is C19H13Cl3N2O3S. The van der Waals surface area contributed by atoms with Crippen LogP contribution in [0.15, 0.2) is 71.6 Å². The molecule has 0 aliphatic carbocycles. The molecule has 3 aromatic carbocycles. The van der Waals surface area contributed by atoms with Crippen LogP contribution in [0.25, 0.3) is 0 Å². The van der Waals surface area contributed by atoms with Gasteiger partial charge in [-0.2, -0.15) is 0 Å². The summed E-state index contributed by atoms with van der Waals surface area (Å²) in [6, 6.07) is 17.0. The minimum absolute atomic E-state index is 0.0573. The van der Waals surface area contributed by atoms with E-state index in [1.807, 2.05) is 0 Å². The number of carbonyl (C=O) groups excluding carboxylic acids is 1. The average molecular weight is 456 g/mol. The van der Waals surface area contributed by atoms with Crippen LogP contribution in [0.3, 0.4) is 0 Å². The summed E-state index contributed by atoms with van der Waals surface area (Å²) >= 11 is 17.8. The lowest BCUT2D eigenvalue weighted by molar-refractivity contribution is 0.102. The van der Waals surface area contributed by atoms with Crippen molar-refractivity contribution in [3.05, 3.63) is 87.4 Å². The molecule has 5 nitrogen and oxygen atoms in total. The van der Waals surface area contributed by atoms with Gasteiger partial charge in [0.25, 0.3) is 15.9 Å². The first-order valence-corrected chi connectivity index (χ1v) is 10.5. The maximum atomic E-state index is 12.4. The Balaban J connectivity index is 1.76. The van der Waals surface area contributed by atoms with Crippen LogP contribution in [0.2, 0.25) is 15.1 Å². The molecule has 3 aromatic rings. The highest BCUT2D eigenvalue weighted by molar-refractivity contribution is 7.92. The van der Waals surface area contributed by atoms with Crippen LogP contribution in [-0.4, -0.2) is 14.3 Å². The Morgan fingerprint density at radius 3 is 2.00 bits per heavy atom. The van der Waals surface area contributed by atoms with Gasteiger partial charge in [0.2, 0.25) is 0 Å². The zero-order valence-electron chi connectivity index (χ0n) is 14.1. The molecule has 1 amide bonds. The van der Waals surface area contributed by atoms with Crippen molar-refractivity contribution >= 4 is 62.1 Å². The van der Waals surface area contributed by atoms with Gasteiger partial charge >= 0.3 is 0 Å². The molecule has 0 bridgehead atoms. The third kappa shape index (κ3) is 4.77. The highest BCUT2D eigenvalue weighted by atomic mass is 35.5. The van der Waals surface area contributed by atoms with Crippen LogP contribution in [0, 0.1) is 0 Å². The number of anilines is 2. The smallest absolute Gasteiger partial charge is 0.261 e. The van der Waals surface area contributed by atoms with Crippen LogP contribution >= 0.6 is 34.8 Å². The van der Waals surface area contributed by atoms with E-state index < -0.39 is 15.9 Å². The van der Waals surface area contributed by atoms with Crippen molar-refractivity contribution in [2.45, 2.75) is 4.90 Å². The van der Waals surface area contributed by atoms with E-state index in [-0.39, 0.29) is 25.5 Å². The van der Waals surface area contributed by atoms with Crippen molar-refractivity contribution in [3.63, 3.8) is 0 Å². The molecule has 144 valence electrons. The SMILES string of the molecule is O=C(Nc1ccc(S(=O)(=O)Nc2ccccc2)cc1)c1cc(Cl)c(Cl)cc1Cl. The Labute approximate surface area is 177 Å². The van der Waals surface area contributed by atoms with E-state index in [9.17, 15) is 13.2 Å². The number of hydrogen-bond acceptors (Lipinski definition) is 3. The van der Waals surface area contributed by atoms with E-state index in [4.69, 9.17) is 34.8 Å². The van der Waals surface area contributed by atoms with E-state index in [1.165, 1.54) is 36.4 Å². The average Bonchev–Trinajstić information content (AvgIpc) is 2.65. The van der Waals surface area contributed by atoms with Crippen LogP contribution in [0.1, 0.15) is 10.4 Å². The molecule has 3 rings (SSSR count). The molecule has 0 spiro atoms. The van der Waals surface area contributed by atoms with Gasteiger partial charge in [0.15, 0.2) is 0 Å². The van der Waals surface area contributed by atoms with Gasteiger partial charge in [0, 0.05) is 11.4 Å². The molecule has 0 heterocycles. The van der Waals surface area contributed by atoms with Gasteiger partial charge in [0.1, 0.15) is 0 Å². The minimum Gasteiger partial charge on any atom is -0.322 e. The zero-order chi connectivity index (χ0) is 20.3. The van der Waals surface area contributed by atoms with Gasteiger partial charge in [-0.1, -0.05) is 53.0 Å². The van der Waals surface area contributed by atoms with E-state index in [0.717, 1.165) is 0 Å². The molecule has 0 fully saturated rings. The Kier molecular flexibility index (Phi) is 6.15. The van der Waals surface area contributed by atoms with Gasteiger partial charge in [-0.25, -0.2) is 8.42 Å². The van der Waals surface area contributed by atoms with E-state index in [1.54, 1.807) is 30.3 Å². The lowest BCUT2D eigenvalue weighted by Gasteiger charge is -2.10. The molecule has 0 unspecified atom stereocenters. The predicted molar refractivity (Wildman–Crippen MR) is 113 cm³/mol. The fourth-order valence-corrected chi connectivity index (χ4v) is 4.02. The second-order valence-corrected chi connectivity index (χ2v) is 8.60. The molecule has 0 aromatic heterocycles. The molecule has 0 aliphatic rings. The number of sulfonamides is 1. The number of benzene rings is 3. The lowest BCUT2D eigenvalue weighted by Crippen LogP contribution is -2.14. The molecule has 28 heavy (non-hydrogen) atoms. The van der Waals surface area contributed by atoms with Crippen LogP contribution < -0.4 is 10.0 Å². The first-order chi connectivity index (χ1) is 13.3. The van der Waals surface area contributed by atoms with Crippen LogP contribution in [-0.2, 0) is 10.0 Å². The van der Waals surface area contributed by atoms with Gasteiger partial charge < -0.3 is 5.32 Å². The van der Waals surface area contributed by atoms with E-state index in [2.05, 4.69) is 10.0 Å². The van der Waals surface area contributed by atoms with Gasteiger partial charge in [-0.05, 0) is 48.5 Å². The summed E-state index contributed by atoms with van der Waals surface area (Å²) in [6.45, 7) is 0. The first kappa shape index (κ1) is 20.5. The van der Waals surface area contributed by atoms with Gasteiger partial charge in [0.05, 0.1) is 25.5 Å². The monoisotopic (exact) mass is 454 g/mol. The Bertz CT molecular complexity index is 1120. The summed E-state index contributed by atoms with van der Waals surface area (Å²) < 4.78 is 27.3. The first-order valence-electron chi connectivity index (χ1n) is 7.90. The number of para-hydroxylation sites is 1. The summed E-state index contributed by atoms with van der Waals surface area (Å²) in [4.78, 5) is 12.5. The largest absolute Gasteiger partial charge is 0.322 e. The fraction of sp³-hybridized carbons (Fsp3) is 0. The molecule has 0 radical (unpaired) electrons. The Morgan fingerprint density at radius 2 is 1.36 bits per heavy atom. The molecule has 0 saturated carbocycles. The third-order valence-electron chi connectivity index (χ3n) is 3.70. The normalized spacial score (nSPS) is 11.1. The zero-order valence-corrected chi connectivity index (χ0v) is 17.2. The topological polar surface area (TPSA) is 75.3 Å². The van der Waals surface area contributed by atoms with E-state index >= 15 is 0 Å². The predicted octanol–water partition coefficient (Wildman–Crippen LogP) is 5.70. The molecule has 0 atom stereocenters. The standard InChI is InChI=1S/C19H13Cl3N2O3S/c20-16-11-18(22)17(21)10-15(16)19(25)23-12-6-8-14(9-7-12)28(26,27)24-13-4-2-1-3-5-13/h1-11,24H,(H,23,25). The molecular weight excluding hydrogens is 443 g/mol. The number of nitrogens with one attached hydrogen (secondary N) is 2. The summed E-state index contributed by atoms with van der Waals surface area (Å²) in [5.41, 5.74) is 0.999. The summed E-state index contributed by atoms with van der Waals surface area (Å²) in [5.74, 6) is -0.499. The van der Waals surface area contributed by atoms with Crippen molar-refractivity contribution in [3.8, 4) is 0 Å². The van der Waals surface area contributed by atoms with Gasteiger partial charge in [-0.3, -0.25) is 9.52 Å². The second-order valence-electron chi connectivity index (χ2n) is 5.70. The number of halogens is 3. The summed E-state index contributed by atoms with van der Waals surface area (Å²) in [6.07, 6.45) is 0. The van der Waals surface area contributed by atoms with Crippen molar-refractivity contribution in [1.29, 1.82) is 0 Å². The lowest BCUT2D eigenvalue weighted by atomic mass is 10.2. The van der Waals surface area contributed by atoms with Crippen molar-refractivity contribution in [1.82, 2.24) is 0 Å². The maximum Gasteiger partial charge on any atom is 0.261 e. The van der Waals surface area contributed by atoms with Gasteiger partial charge in [-0.15, -0.1) is 0 Å². The highest BCUT2D eigenvalue weighted by Crippen LogP contribution is 2.29. The number of carbonyl (C=O) groups is 1. The summed E-state index contributed by atoms with van der Waals surface area (Å²) in [7, 11) is -3.74. The van der Waals surface area contributed by atoms with E-state index in [0.29, 0.717) is 11.4 Å². The van der Waals surface area contributed by atoms with Crippen molar-refractivity contribution in [2.24, 2.45) is 0 Å². The molecule has 2 N–H and O–H groups in total. The second kappa shape index (κ2) is 8.41. The molecule has 0 saturated heterocycles. The van der Waals surface area contributed by atoms with Crippen LogP contribution in [0.4, 0.5) is 11.4 Å². The van der Waals surface area contributed by atoms with Crippen LogP contribution in [0.5, 0.6) is 0 Å². The number of rotatable bonds is 5. The molecule has 9 heteroatoms. The quantitative estimate of drug-likeness (QED) is 0.485. The molecule has 0 aliphatic heterocycles. The highest BCUT2D eigenvalue weighted by Gasteiger charge is 2.16. The number of hydrogen-bond donors (Lipinski definition) is 2. The van der Waals surface area contributed by atoms with Crippen molar-refractivity contribution < 1.29 is 13.2 Å². The number of amides is 1. The van der Waals surface area contributed by atoms with Crippen molar-refractivity contribution in [2.75, 3.05) is 10.0 Å². The third-order valence-corrected chi connectivity index (χ3v) is 6.14. The minimum atomic E-state index is -3.74. The maximum absolute atomic E-state index is 12.4. The fourth-order valence-electron chi connectivity index (χ4n) is 2.33. The summed E-state index contributed by atoms with van der Waals surface area (Å²) in [5, 5.41) is 3.22. The Morgan fingerprint density at radius 1 is 0.750 bits per heavy atom.